The second-order valence-corrected chi connectivity index (χ2v) is 5.01. The highest BCUT2D eigenvalue weighted by molar-refractivity contribution is 5.42. The van der Waals surface area contributed by atoms with Crippen molar-refractivity contribution < 1.29 is 4.74 Å². The van der Waals surface area contributed by atoms with Crippen LogP contribution in [0.3, 0.4) is 0 Å². The highest BCUT2D eigenvalue weighted by Gasteiger charge is 2.30. The number of anilines is 1. The summed E-state index contributed by atoms with van der Waals surface area (Å²) in [7, 11) is 1.72. The molecule has 1 saturated carbocycles. The Kier molecular flexibility index (Phi) is 3.72. The second-order valence-electron chi connectivity index (χ2n) is 5.01. The van der Waals surface area contributed by atoms with Gasteiger partial charge in [0.25, 0.3) is 0 Å². The van der Waals surface area contributed by atoms with Crippen molar-refractivity contribution in [3.63, 3.8) is 0 Å². The Morgan fingerprint density at radius 2 is 2.24 bits per heavy atom. The molecule has 2 rings (SSSR count). The quantitative estimate of drug-likeness (QED) is 0.827. The van der Waals surface area contributed by atoms with Crippen molar-refractivity contribution in [3.05, 3.63) is 11.5 Å². The smallest absolute Gasteiger partial charge is 0.127 e. The number of aromatic nitrogens is 2. The SMILES string of the molecule is CCCc1nc(C(C)COC)c(N)n1C1CC1. The van der Waals surface area contributed by atoms with Crippen LogP contribution in [-0.2, 0) is 11.2 Å². The van der Waals surface area contributed by atoms with Crippen LogP contribution < -0.4 is 5.73 Å². The summed E-state index contributed by atoms with van der Waals surface area (Å²) >= 11 is 0. The molecule has 0 amide bonds. The van der Waals surface area contributed by atoms with Gasteiger partial charge in [0.2, 0.25) is 0 Å². The average Bonchev–Trinajstić information content (AvgIpc) is 3.06. The van der Waals surface area contributed by atoms with E-state index in [9.17, 15) is 0 Å². The molecule has 96 valence electrons. The van der Waals surface area contributed by atoms with E-state index in [0.29, 0.717) is 12.6 Å². The van der Waals surface area contributed by atoms with E-state index in [-0.39, 0.29) is 5.92 Å². The Bertz CT molecular complexity index is 382. The molecule has 0 radical (unpaired) electrons. The van der Waals surface area contributed by atoms with Gasteiger partial charge in [0.15, 0.2) is 0 Å². The summed E-state index contributed by atoms with van der Waals surface area (Å²) in [6, 6.07) is 0.604. The van der Waals surface area contributed by atoms with E-state index < -0.39 is 0 Å². The maximum absolute atomic E-state index is 6.25. The number of imidazole rings is 1. The molecule has 0 aromatic carbocycles. The molecule has 1 unspecified atom stereocenters. The number of methoxy groups -OCH3 is 1. The first-order valence-corrected chi connectivity index (χ1v) is 6.54. The van der Waals surface area contributed by atoms with Gasteiger partial charge in [0.1, 0.15) is 11.6 Å². The zero-order valence-corrected chi connectivity index (χ0v) is 11.1. The molecule has 0 spiro atoms. The van der Waals surface area contributed by atoms with Gasteiger partial charge in [-0.3, -0.25) is 0 Å². The van der Waals surface area contributed by atoms with Crippen LogP contribution in [0.4, 0.5) is 5.82 Å². The lowest BCUT2D eigenvalue weighted by molar-refractivity contribution is 0.183. The molecule has 1 aromatic rings. The van der Waals surface area contributed by atoms with Crippen LogP contribution >= 0.6 is 0 Å². The number of nitrogens with zero attached hydrogens (tertiary/aromatic N) is 2. The predicted molar refractivity (Wildman–Crippen MR) is 69.2 cm³/mol. The van der Waals surface area contributed by atoms with Crippen LogP contribution in [-0.4, -0.2) is 23.3 Å². The van der Waals surface area contributed by atoms with Crippen molar-refractivity contribution in [3.8, 4) is 0 Å². The summed E-state index contributed by atoms with van der Waals surface area (Å²) in [5.74, 6) is 2.29. The summed E-state index contributed by atoms with van der Waals surface area (Å²) in [5, 5.41) is 0. The lowest BCUT2D eigenvalue weighted by Gasteiger charge is -2.10. The molecule has 0 aliphatic heterocycles. The zero-order valence-electron chi connectivity index (χ0n) is 11.1. The molecule has 17 heavy (non-hydrogen) atoms. The number of hydrogen-bond donors (Lipinski definition) is 1. The highest BCUT2D eigenvalue weighted by atomic mass is 16.5. The number of hydrogen-bond acceptors (Lipinski definition) is 3. The summed E-state index contributed by atoms with van der Waals surface area (Å²) in [4.78, 5) is 4.74. The van der Waals surface area contributed by atoms with E-state index in [1.807, 2.05) is 0 Å². The standard InChI is InChI=1S/C13H23N3O/c1-4-5-11-15-12(9(2)8-17-3)13(14)16(11)10-6-7-10/h9-10H,4-8,14H2,1-3H3. The molecule has 1 aliphatic carbocycles. The maximum atomic E-state index is 6.25. The zero-order chi connectivity index (χ0) is 12.4. The molecule has 1 aromatic heterocycles. The van der Waals surface area contributed by atoms with Gasteiger partial charge in [-0.15, -0.1) is 0 Å². The first-order chi connectivity index (χ1) is 8.19. The van der Waals surface area contributed by atoms with Crippen molar-refractivity contribution in [2.24, 2.45) is 0 Å². The van der Waals surface area contributed by atoms with Gasteiger partial charge < -0.3 is 15.0 Å². The van der Waals surface area contributed by atoms with Crippen LogP contribution in [0.5, 0.6) is 0 Å². The molecule has 1 heterocycles. The van der Waals surface area contributed by atoms with Crippen LogP contribution in [0.25, 0.3) is 0 Å². The molecular weight excluding hydrogens is 214 g/mol. The number of rotatable bonds is 6. The summed E-state index contributed by atoms with van der Waals surface area (Å²) in [5.41, 5.74) is 7.27. The summed E-state index contributed by atoms with van der Waals surface area (Å²) in [6.45, 7) is 4.98. The van der Waals surface area contributed by atoms with E-state index in [1.165, 1.54) is 12.8 Å². The minimum atomic E-state index is 0.274. The minimum absolute atomic E-state index is 0.274. The normalized spacial score (nSPS) is 17.4. The van der Waals surface area contributed by atoms with Gasteiger partial charge in [-0.2, -0.15) is 0 Å². The van der Waals surface area contributed by atoms with Gasteiger partial charge in [-0.05, 0) is 19.3 Å². The number of aryl methyl sites for hydroxylation is 1. The average molecular weight is 237 g/mol. The second kappa shape index (κ2) is 5.08. The van der Waals surface area contributed by atoms with Crippen molar-refractivity contribution in [2.45, 2.75) is 51.5 Å². The van der Waals surface area contributed by atoms with Gasteiger partial charge >= 0.3 is 0 Å². The third-order valence-electron chi connectivity index (χ3n) is 3.32. The van der Waals surface area contributed by atoms with E-state index in [2.05, 4.69) is 18.4 Å². The van der Waals surface area contributed by atoms with Gasteiger partial charge in [-0.25, -0.2) is 4.98 Å². The lowest BCUT2D eigenvalue weighted by Crippen LogP contribution is -2.08. The molecule has 4 nitrogen and oxygen atoms in total. The highest BCUT2D eigenvalue weighted by Crippen LogP contribution is 2.40. The topological polar surface area (TPSA) is 53.1 Å². The van der Waals surface area contributed by atoms with Crippen LogP contribution in [0.1, 0.15) is 56.6 Å². The van der Waals surface area contributed by atoms with Crippen LogP contribution in [0.15, 0.2) is 0 Å². The number of nitrogen functional groups attached to an aromatic ring is 1. The number of ether oxygens (including phenoxy) is 1. The maximum Gasteiger partial charge on any atom is 0.127 e. The molecule has 0 bridgehead atoms. The molecule has 4 heteroatoms. The molecule has 0 saturated heterocycles. The van der Waals surface area contributed by atoms with E-state index in [1.54, 1.807) is 7.11 Å². The Morgan fingerprint density at radius 1 is 1.53 bits per heavy atom. The summed E-state index contributed by atoms with van der Waals surface area (Å²) in [6.07, 6.45) is 4.62. The van der Waals surface area contributed by atoms with Crippen molar-refractivity contribution >= 4 is 5.82 Å². The predicted octanol–water partition coefficient (Wildman–Crippen LogP) is 2.50. The van der Waals surface area contributed by atoms with E-state index in [0.717, 1.165) is 30.2 Å². The fourth-order valence-electron chi connectivity index (χ4n) is 2.34. The van der Waals surface area contributed by atoms with Gasteiger partial charge in [0, 0.05) is 25.5 Å². The fourth-order valence-corrected chi connectivity index (χ4v) is 2.34. The molecule has 2 N–H and O–H groups in total. The van der Waals surface area contributed by atoms with Gasteiger partial charge in [0.05, 0.1) is 12.3 Å². The fraction of sp³-hybridized carbons (Fsp3) is 0.769. The third kappa shape index (κ3) is 2.46. The number of nitrogens with two attached hydrogens (primary N) is 1. The van der Waals surface area contributed by atoms with Crippen LogP contribution in [0.2, 0.25) is 0 Å². The van der Waals surface area contributed by atoms with Gasteiger partial charge in [-0.1, -0.05) is 13.8 Å². The van der Waals surface area contributed by atoms with Crippen molar-refractivity contribution in [2.75, 3.05) is 19.5 Å². The Morgan fingerprint density at radius 3 is 2.76 bits per heavy atom. The lowest BCUT2D eigenvalue weighted by atomic mass is 10.1. The monoisotopic (exact) mass is 237 g/mol. The first-order valence-electron chi connectivity index (χ1n) is 6.54. The van der Waals surface area contributed by atoms with Crippen LogP contribution in [0, 0.1) is 0 Å². The minimum Gasteiger partial charge on any atom is -0.384 e. The largest absolute Gasteiger partial charge is 0.384 e. The molecule has 1 fully saturated rings. The Balaban J connectivity index is 2.29. The third-order valence-corrected chi connectivity index (χ3v) is 3.32. The van der Waals surface area contributed by atoms with Crippen molar-refractivity contribution in [1.82, 2.24) is 9.55 Å². The Labute approximate surface area is 103 Å². The van der Waals surface area contributed by atoms with Crippen molar-refractivity contribution in [1.29, 1.82) is 0 Å². The summed E-state index contributed by atoms with van der Waals surface area (Å²) < 4.78 is 7.45. The molecule has 1 atom stereocenters. The Hall–Kier alpha value is -1.03. The first kappa shape index (κ1) is 12.4. The van der Waals surface area contributed by atoms with E-state index >= 15 is 0 Å². The van der Waals surface area contributed by atoms with E-state index in [4.69, 9.17) is 15.5 Å². The molecule has 1 aliphatic rings. The molecular formula is C13H23N3O.